The van der Waals surface area contributed by atoms with Crippen LogP contribution in [0.2, 0.25) is 0 Å². The van der Waals surface area contributed by atoms with Crippen LogP contribution in [-0.4, -0.2) is 22.3 Å². The summed E-state index contributed by atoms with van der Waals surface area (Å²) in [5.41, 5.74) is 4.05. The Kier molecular flexibility index (Phi) is 4.12. The van der Waals surface area contributed by atoms with E-state index in [0.717, 1.165) is 30.4 Å². The Bertz CT molecular complexity index is 353. The van der Waals surface area contributed by atoms with E-state index in [2.05, 4.69) is 50.4 Å². The predicted octanol–water partition coefficient (Wildman–Crippen LogP) is 3.27. The molecule has 1 spiro atoms. The van der Waals surface area contributed by atoms with Gasteiger partial charge < -0.3 is 5.32 Å². The van der Waals surface area contributed by atoms with Gasteiger partial charge >= 0.3 is 0 Å². The molecule has 1 saturated carbocycles. The molecule has 0 aromatic heterocycles. The molecule has 2 aliphatic rings. The quantitative estimate of drug-likeness (QED) is 0.777. The van der Waals surface area contributed by atoms with Crippen LogP contribution in [0, 0.1) is 17.3 Å². The highest BCUT2D eigenvalue weighted by atomic mass is 32.1. The average Bonchev–Trinajstić information content (AvgIpc) is 2.47. The lowest BCUT2D eigenvalue weighted by Crippen LogP contribution is -2.57. The third-order valence-electron chi connectivity index (χ3n) is 4.25. The Balaban J connectivity index is 2.04. The number of hydrogen-bond donors (Lipinski definition) is 2. The molecular formula is C15H29N3S. The molecule has 110 valence electrons. The fourth-order valence-corrected chi connectivity index (χ4v) is 4.24. The summed E-state index contributed by atoms with van der Waals surface area (Å²) >= 11 is 5.51. The van der Waals surface area contributed by atoms with Crippen molar-refractivity contribution in [3.63, 3.8) is 0 Å². The lowest BCUT2D eigenvalue weighted by molar-refractivity contribution is 0.0555. The molecule has 2 atom stereocenters. The first-order valence-corrected chi connectivity index (χ1v) is 8.00. The number of nitrogens with one attached hydrogen (secondary N) is 2. The van der Waals surface area contributed by atoms with Gasteiger partial charge in [-0.1, -0.05) is 34.6 Å². The molecule has 0 amide bonds. The minimum absolute atomic E-state index is 0.00473. The van der Waals surface area contributed by atoms with Gasteiger partial charge in [0.05, 0.1) is 0 Å². The Morgan fingerprint density at radius 2 is 2.05 bits per heavy atom. The van der Waals surface area contributed by atoms with Gasteiger partial charge in [0.1, 0.15) is 5.66 Å². The summed E-state index contributed by atoms with van der Waals surface area (Å²) in [4.78, 5) is 0. The van der Waals surface area contributed by atoms with E-state index in [1.165, 1.54) is 12.8 Å². The Morgan fingerprint density at radius 3 is 2.63 bits per heavy atom. The number of rotatable bonds is 3. The van der Waals surface area contributed by atoms with E-state index in [9.17, 15) is 0 Å². The van der Waals surface area contributed by atoms with Gasteiger partial charge in [-0.3, -0.25) is 5.01 Å². The van der Waals surface area contributed by atoms with Gasteiger partial charge in [0, 0.05) is 6.54 Å². The number of hydrogen-bond acceptors (Lipinski definition) is 2. The van der Waals surface area contributed by atoms with E-state index in [1.807, 2.05) is 0 Å². The fourth-order valence-electron chi connectivity index (χ4n) is 3.91. The van der Waals surface area contributed by atoms with Crippen molar-refractivity contribution < 1.29 is 0 Å². The molecule has 3 nitrogen and oxygen atoms in total. The molecule has 1 aliphatic carbocycles. The number of thiocarbonyl (C=S) groups is 1. The largest absolute Gasteiger partial charge is 0.342 e. The minimum Gasteiger partial charge on any atom is -0.342 e. The van der Waals surface area contributed by atoms with Gasteiger partial charge in [-0.25, -0.2) is 5.43 Å². The van der Waals surface area contributed by atoms with Crippen LogP contribution in [0.5, 0.6) is 0 Å². The van der Waals surface area contributed by atoms with E-state index in [0.29, 0.717) is 11.3 Å². The summed E-state index contributed by atoms with van der Waals surface area (Å²) in [5, 5.41) is 6.61. The molecule has 4 heteroatoms. The second-order valence-corrected chi connectivity index (χ2v) is 8.20. The summed E-state index contributed by atoms with van der Waals surface area (Å²) < 4.78 is 0. The van der Waals surface area contributed by atoms with Crippen LogP contribution in [0.15, 0.2) is 0 Å². The molecule has 0 unspecified atom stereocenters. The number of nitrogens with zero attached hydrogens (tertiary/aromatic N) is 1. The molecule has 19 heavy (non-hydrogen) atoms. The first-order valence-electron chi connectivity index (χ1n) is 7.59. The molecule has 1 heterocycles. The third kappa shape index (κ3) is 3.60. The first kappa shape index (κ1) is 15.0. The molecule has 1 saturated heterocycles. The zero-order valence-corrected chi connectivity index (χ0v) is 13.9. The maximum absolute atomic E-state index is 5.51. The highest BCUT2D eigenvalue weighted by molar-refractivity contribution is 7.80. The van der Waals surface area contributed by atoms with Crippen LogP contribution in [-0.2, 0) is 0 Å². The first-order chi connectivity index (χ1) is 8.71. The van der Waals surface area contributed by atoms with Crippen LogP contribution in [0.1, 0.15) is 60.3 Å². The molecule has 2 fully saturated rings. The molecule has 0 aromatic carbocycles. The van der Waals surface area contributed by atoms with Crippen LogP contribution in [0.25, 0.3) is 0 Å². The molecule has 0 radical (unpaired) electrons. The highest BCUT2D eigenvalue weighted by Gasteiger charge is 2.48. The topological polar surface area (TPSA) is 27.3 Å². The molecule has 0 aromatic rings. The summed E-state index contributed by atoms with van der Waals surface area (Å²) in [6.07, 6.45) is 4.78. The van der Waals surface area contributed by atoms with E-state index in [4.69, 9.17) is 12.2 Å². The van der Waals surface area contributed by atoms with E-state index >= 15 is 0 Å². The van der Waals surface area contributed by atoms with Crippen molar-refractivity contribution in [2.75, 3.05) is 6.54 Å². The lowest BCUT2D eigenvalue weighted by Gasteiger charge is -2.45. The van der Waals surface area contributed by atoms with Gasteiger partial charge in [0.2, 0.25) is 0 Å². The smallest absolute Gasteiger partial charge is 0.185 e. The van der Waals surface area contributed by atoms with Crippen molar-refractivity contribution in [2.24, 2.45) is 17.3 Å². The third-order valence-corrected chi connectivity index (χ3v) is 4.57. The van der Waals surface area contributed by atoms with Gasteiger partial charge in [-0.2, -0.15) is 0 Å². The normalized spacial score (nSPS) is 34.1. The summed E-state index contributed by atoms with van der Waals surface area (Å²) in [5.74, 6) is 1.44. The average molecular weight is 283 g/mol. The monoisotopic (exact) mass is 283 g/mol. The van der Waals surface area contributed by atoms with Crippen molar-refractivity contribution in [2.45, 2.75) is 66.0 Å². The summed E-state index contributed by atoms with van der Waals surface area (Å²) in [7, 11) is 0. The Morgan fingerprint density at radius 1 is 1.37 bits per heavy atom. The maximum atomic E-state index is 5.51. The van der Waals surface area contributed by atoms with Gasteiger partial charge in [-0.15, -0.1) is 0 Å². The van der Waals surface area contributed by atoms with Gasteiger partial charge in [0.15, 0.2) is 5.11 Å². The maximum Gasteiger partial charge on any atom is 0.185 e. The molecular weight excluding hydrogens is 254 g/mol. The zero-order chi connectivity index (χ0) is 14.3. The Hall–Kier alpha value is -0.350. The Labute approximate surface area is 123 Å². The second kappa shape index (κ2) is 5.21. The van der Waals surface area contributed by atoms with Crippen LogP contribution >= 0.6 is 12.2 Å². The van der Waals surface area contributed by atoms with Gasteiger partial charge in [0.25, 0.3) is 0 Å². The van der Waals surface area contributed by atoms with Crippen molar-refractivity contribution in [3.8, 4) is 0 Å². The summed E-state index contributed by atoms with van der Waals surface area (Å²) in [6.45, 7) is 12.6. The van der Waals surface area contributed by atoms with Crippen LogP contribution < -0.4 is 10.7 Å². The molecule has 2 rings (SSSR count). The molecule has 0 bridgehead atoms. The second-order valence-electron chi connectivity index (χ2n) is 7.81. The van der Waals surface area contributed by atoms with Gasteiger partial charge in [-0.05, 0) is 55.2 Å². The SMILES string of the molecule is CC(C)CCN1N[C@]2(C[C@@H](C)CC(C)(C)C2)NC1=S. The van der Waals surface area contributed by atoms with Crippen molar-refractivity contribution in [1.82, 2.24) is 15.8 Å². The minimum atomic E-state index is -0.00473. The zero-order valence-electron chi connectivity index (χ0n) is 13.0. The lowest BCUT2D eigenvalue weighted by atomic mass is 9.68. The predicted molar refractivity (Wildman–Crippen MR) is 84.6 cm³/mol. The van der Waals surface area contributed by atoms with E-state index in [-0.39, 0.29) is 5.66 Å². The molecule has 2 N–H and O–H groups in total. The molecule has 1 aliphatic heterocycles. The summed E-state index contributed by atoms with van der Waals surface area (Å²) in [6, 6.07) is 0. The van der Waals surface area contributed by atoms with E-state index in [1.54, 1.807) is 0 Å². The van der Waals surface area contributed by atoms with Crippen LogP contribution in [0.3, 0.4) is 0 Å². The van der Waals surface area contributed by atoms with E-state index < -0.39 is 0 Å². The standard InChI is InChI=1S/C15H29N3S/c1-11(2)6-7-18-13(19)16-15(17-18)9-12(3)8-14(4,5)10-15/h11-12,17H,6-10H2,1-5H3,(H,16,19)/t12-,15-/m0/s1. The van der Waals surface area contributed by atoms with Crippen molar-refractivity contribution in [3.05, 3.63) is 0 Å². The fraction of sp³-hybridized carbons (Fsp3) is 0.933. The number of hydrazine groups is 1. The van der Waals surface area contributed by atoms with Crippen molar-refractivity contribution in [1.29, 1.82) is 0 Å². The van der Waals surface area contributed by atoms with Crippen molar-refractivity contribution >= 4 is 17.3 Å². The highest BCUT2D eigenvalue weighted by Crippen LogP contribution is 2.44. The van der Waals surface area contributed by atoms with Crippen LogP contribution in [0.4, 0.5) is 0 Å².